The Labute approximate surface area is 129 Å². The maximum absolute atomic E-state index is 13.1. The van der Waals surface area contributed by atoms with Gasteiger partial charge in [0.05, 0.1) is 0 Å². The normalized spacial score (nSPS) is 10.8. The third-order valence-corrected chi connectivity index (χ3v) is 3.86. The van der Waals surface area contributed by atoms with Crippen LogP contribution < -0.4 is 0 Å². The highest BCUT2D eigenvalue weighted by Crippen LogP contribution is 2.30. The van der Waals surface area contributed by atoms with E-state index in [9.17, 15) is 4.39 Å². The number of hydrogen-bond donors (Lipinski definition) is 0. The Morgan fingerprint density at radius 2 is 1.84 bits per heavy atom. The molecule has 6 heteroatoms. The van der Waals surface area contributed by atoms with Gasteiger partial charge < -0.3 is 0 Å². The fourth-order valence-corrected chi connectivity index (χ4v) is 2.78. The molecule has 1 heterocycles. The maximum atomic E-state index is 13.1. The molecular weight excluding hydrogens is 354 g/mol. The first-order valence-corrected chi connectivity index (χ1v) is 7.25. The van der Waals surface area contributed by atoms with E-state index in [0.29, 0.717) is 26.2 Å². The molecule has 0 radical (unpaired) electrons. The molecule has 19 heavy (non-hydrogen) atoms. The third kappa shape index (κ3) is 3.25. The Hall–Kier alpha value is -0.710. The Morgan fingerprint density at radius 1 is 1.21 bits per heavy atom. The van der Waals surface area contributed by atoms with Gasteiger partial charge in [0, 0.05) is 15.6 Å². The van der Waals surface area contributed by atoms with Crippen LogP contribution in [0.5, 0.6) is 0 Å². The van der Waals surface area contributed by atoms with Gasteiger partial charge in [0.2, 0.25) is 0 Å². The van der Waals surface area contributed by atoms with Crippen LogP contribution in [0, 0.1) is 5.82 Å². The summed E-state index contributed by atoms with van der Waals surface area (Å²) in [6.07, 6.45) is 1.63. The van der Waals surface area contributed by atoms with E-state index in [1.807, 2.05) is 6.92 Å². The van der Waals surface area contributed by atoms with Gasteiger partial charge in [0.1, 0.15) is 16.1 Å². The average Bonchev–Trinajstić information content (AvgIpc) is 2.33. The summed E-state index contributed by atoms with van der Waals surface area (Å²) in [6.45, 7) is 2.02. The number of nitrogens with zero attached hydrogens (tertiary/aromatic N) is 2. The van der Waals surface area contributed by atoms with Crippen molar-refractivity contribution in [3.05, 3.63) is 44.4 Å². The SMILES string of the molecule is CCCc1c(Cl)nc(-c2ccc(F)cc2Br)nc1Cl. The lowest BCUT2D eigenvalue weighted by Gasteiger charge is -2.08. The molecule has 1 aromatic heterocycles. The largest absolute Gasteiger partial charge is 0.216 e. The minimum absolute atomic E-state index is 0.338. The molecule has 100 valence electrons. The highest BCUT2D eigenvalue weighted by molar-refractivity contribution is 9.10. The zero-order valence-corrected chi connectivity index (χ0v) is 13.2. The van der Waals surface area contributed by atoms with Gasteiger partial charge in [-0.05, 0) is 40.5 Å². The average molecular weight is 364 g/mol. The van der Waals surface area contributed by atoms with Gasteiger partial charge >= 0.3 is 0 Å². The van der Waals surface area contributed by atoms with Crippen LogP contribution in [0.2, 0.25) is 10.3 Å². The first kappa shape index (κ1) is 14.7. The van der Waals surface area contributed by atoms with E-state index in [2.05, 4.69) is 25.9 Å². The van der Waals surface area contributed by atoms with Crippen LogP contribution in [0.25, 0.3) is 11.4 Å². The van der Waals surface area contributed by atoms with Crippen molar-refractivity contribution in [3.63, 3.8) is 0 Å². The quantitative estimate of drug-likeness (QED) is 0.691. The highest BCUT2D eigenvalue weighted by atomic mass is 79.9. The Morgan fingerprint density at radius 3 is 2.37 bits per heavy atom. The topological polar surface area (TPSA) is 25.8 Å². The molecule has 0 saturated heterocycles. The molecule has 0 amide bonds. The molecule has 0 spiro atoms. The molecule has 0 atom stereocenters. The Bertz CT molecular complexity index is 597. The van der Waals surface area contributed by atoms with Gasteiger partial charge in [-0.25, -0.2) is 14.4 Å². The number of halogens is 4. The second-order valence-corrected chi connectivity index (χ2v) is 5.55. The summed E-state index contributed by atoms with van der Waals surface area (Å²) in [5.74, 6) is 0.0390. The number of hydrogen-bond acceptors (Lipinski definition) is 2. The number of benzene rings is 1. The second kappa shape index (κ2) is 6.16. The second-order valence-electron chi connectivity index (χ2n) is 3.98. The van der Waals surface area contributed by atoms with Crippen molar-refractivity contribution in [2.24, 2.45) is 0 Å². The van der Waals surface area contributed by atoms with Crippen molar-refractivity contribution >= 4 is 39.1 Å². The molecule has 2 nitrogen and oxygen atoms in total. The van der Waals surface area contributed by atoms with E-state index in [1.54, 1.807) is 6.07 Å². The summed E-state index contributed by atoms with van der Waals surface area (Å²) >= 11 is 15.5. The van der Waals surface area contributed by atoms with Crippen LogP contribution in [0.1, 0.15) is 18.9 Å². The van der Waals surface area contributed by atoms with Crippen LogP contribution >= 0.6 is 39.1 Å². The third-order valence-electron chi connectivity index (χ3n) is 2.58. The lowest BCUT2D eigenvalue weighted by molar-refractivity contribution is 0.627. The summed E-state index contributed by atoms with van der Waals surface area (Å²) in [4.78, 5) is 8.46. The zero-order valence-electron chi connectivity index (χ0n) is 10.1. The van der Waals surface area contributed by atoms with Crippen molar-refractivity contribution in [1.29, 1.82) is 0 Å². The van der Waals surface area contributed by atoms with Crippen LogP contribution in [0.15, 0.2) is 22.7 Å². The smallest absolute Gasteiger partial charge is 0.163 e. The molecule has 0 aliphatic carbocycles. The molecule has 2 aromatic rings. The summed E-state index contributed by atoms with van der Waals surface area (Å²) < 4.78 is 13.6. The standard InChI is InChI=1S/C13H10BrCl2FN2/c1-2-3-9-11(15)18-13(19-12(9)16)8-5-4-7(17)6-10(8)14/h4-6H,2-3H2,1H3. The molecule has 2 rings (SSSR count). The van der Waals surface area contributed by atoms with Gasteiger partial charge in [0.25, 0.3) is 0 Å². The van der Waals surface area contributed by atoms with Gasteiger partial charge in [-0.2, -0.15) is 0 Å². The van der Waals surface area contributed by atoms with Gasteiger partial charge in [-0.1, -0.05) is 36.5 Å². The lowest BCUT2D eigenvalue weighted by Crippen LogP contribution is -1.98. The number of rotatable bonds is 3. The van der Waals surface area contributed by atoms with Crippen molar-refractivity contribution < 1.29 is 4.39 Å². The fraction of sp³-hybridized carbons (Fsp3) is 0.231. The molecule has 0 bridgehead atoms. The van der Waals surface area contributed by atoms with Crippen molar-refractivity contribution in [2.45, 2.75) is 19.8 Å². The van der Waals surface area contributed by atoms with E-state index < -0.39 is 0 Å². The molecule has 0 aliphatic heterocycles. The van der Waals surface area contributed by atoms with Crippen LogP contribution in [-0.4, -0.2) is 9.97 Å². The van der Waals surface area contributed by atoms with Gasteiger partial charge in [-0.3, -0.25) is 0 Å². The molecule has 0 unspecified atom stereocenters. The molecule has 1 aromatic carbocycles. The van der Waals surface area contributed by atoms with Gasteiger partial charge in [-0.15, -0.1) is 0 Å². The first-order chi connectivity index (χ1) is 9.02. The van der Waals surface area contributed by atoms with E-state index in [-0.39, 0.29) is 5.82 Å². The molecule has 0 N–H and O–H groups in total. The Kier molecular flexibility index (Phi) is 4.76. The van der Waals surface area contributed by atoms with E-state index >= 15 is 0 Å². The minimum atomic E-state index is -0.338. The maximum Gasteiger partial charge on any atom is 0.163 e. The summed E-state index contributed by atoms with van der Waals surface area (Å²) in [5, 5.41) is 0.682. The van der Waals surface area contributed by atoms with Gasteiger partial charge in [0.15, 0.2) is 5.82 Å². The summed E-state index contributed by atoms with van der Waals surface area (Å²) in [7, 11) is 0. The molecule has 0 fully saturated rings. The highest BCUT2D eigenvalue weighted by Gasteiger charge is 2.14. The van der Waals surface area contributed by atoms with Crippen LogP contribution in [0.4, 0.5) is 4.39 Å². The van der Waals surface area contributed by atoms with E-state index in [1.165, 1.54) is 12.1 Å². The zero-order chi connectivity index (χ0) is 14.0. The van der Waals surface area contributed by atoms with E-state index in [4.69, 9.17) is 23.2 Å². The Balaban J connectivity index is 2.52. The summed E-state index contributed by atoms with van der Waals surface area (Å²) in [6, 6.07) is 4.27. The van der Waals surface area contributed by atoms with Crippen molar-refractivity contribution in [3.8, 4) is 11.4 Å². The van der Waals surface area contributed by atoms with E-state index in [0.717, 1.165) is 18.4 Å². The number of aromatic nitrogens is 2. The molecule has 0 aliphatic rings. The molecular formula is C13H10BrCl2FN2. The van der Waals surface area contributed by atoms with Crippen molar-refractivity contribution in [2.75, 3.05) is 0 Å². The first-order valence-electron chi connectivity index (χ1n) is 5.70. The molecule has 0 saturated carbocycles. The minimum Gasteiger partial charge on any atom is -0.216 e. The lowest BCUT2D eigenvalue weighted by atomic mass is 10.2. The van der Waals surface area contributed by atoms with Crippen molar-refractivity contribution in [1.82, 2.24) is 9.97 Å². The monoisotopic (exact) mass is 362 g/mol. The predicted octanol–water partition coefficient (Wildman–Crippen LogP) is 5.30. The van der Waals surface area contributed by atoms with Crippen LogP contribution in [0.3, 0.4) is 0 Å². The summed E-state index contributed by atoms with van der Waals surface area (Å²) in [5.41, 5.74) is 1.39. The fourth-order valence-electron chi connectivity index (χ4n) is 1.68. The van der Waals surface area contributed by atoms with Crippen LogP contribution in [-0.2, 0) is 6.42 Å². The predicted molar refractivity (Wildman–Crippen MR) is 79.1 cm³/mol.